The summed E-state index contributed by atoms with van der Waals surface area (Å²) < 4.78 is 32.4. The molecule has 0 aliphatic carbocycles. The van der Waals surface area contributed by atoms with Crippen molar-refractivity contribution in [3.63, 3.8) is 0 Å². The van der Waals surface area contributed by atoms with Crippen LogP contribution in [0.15, 0.2) is 9.42 Å². The molecule has 0 spiro atoms. The van der Waals surface area contributed by atoms with Crippen LogP contribution in [-0.4, -0.2) is 68.0 Å². The number of likely N-dealkylation sites (tertiary alicyclic amines) is 1. The number of hydrogen-bond acceptors (Lipinski definition) is 6. The quantitative estimate of drug-likeness (QED) is 0.623. The zero-order valence-corrected chi connectivity index (χ0v) is 19.3. The Balaban J connectivity index is 1.43. The van der Waals surface area contributed by atoms with Gasteiger partial charge in [-0.15, -0.1) is 0 Å². The maximum atomic E-state index is 12.9. The summed E-state index contributed by atoms with van der Waals surface area (Å²) in [5, 5.41) is 6.85. The fraction of sp³-hybridized carbons (Fsp3) is 0.810. The van der Waals surface area contributed by atoms with Gasteiger partial charge in [-0.1, -0.05) is 18.5 Å². The van der Waals surface area contributed by atoms with E-state index < -0.39 is 10.0 Å². The van der Waals surface area contributed by atoms with Gasteiger partial charge in [0, 0.05) is 25.6 Å². The van der Waals surface area contributed by atoms with Crippen LogP contribution in [0.1, 0.15) is 56.9 Å². The highest BCUT2D eigenvalue weighted by Gasteiger charge is 2.36. The highest BCUT2D eigenvalue weighted by atomic mass is 32.2. The lowest BCUT2D eigenvalue weighted by Gasteiger charge is -2.33. The minimum Gasteiger partial charge on any atom is -0.360 e. The molecule has 170 valence electrons. The Morgan fingerprint density at radius 3 is 2.43 bits per heavy atom. The normalized spacial score (nSPS) is 20.9. The third kappa shape index (κ3) is 5.42. The summed E-state index contributed by atoms with van der Waals surface area (Å²) >= 11 is 0. The molecule has 0 unspecified atom stereocenters. The van der Waals surface area contributed by atoms with E-state index in [-0.39, 0.29) is 22.6 Å². The van der Waals surface area contributed by atoms with Crippen molar-refractivity contribution in [2.75, 3.05) is 39.3 Å². The van der Waals surface area contributed by atoms with Gasteiger partial charge in [-0.2, -0.15) is 4.31 Å². The fourth-order valence-corrected chi connectivity index (χ4v) is 6.42. The number of aryl methyl sites for hydroxylation is 2. The monoisotopic (exact) mass is 440 g/mol. The zero-order chi connectivity index (χ0) is 21.7. The molecule has 2 aliphatic rings. The predicted octanol–water partition coefficient (Wildman–Crippen LogP) is 2.32. The van der Waals surface area contributed by atoms with Crippen LogP contribution < -0.4 is 5.32 Å². The van der Waals surface area contributed by atoms with E-state index >= 15 is 0 Å². The van der Waals surface area contributed by atoms with Crippen molar-refractivity contribution in [1.82, 2.24) is 19.7 Å². The molecule has 1 N–H and O–H groups in total. The standard InChI is InChI=1S/C21H36N4O4S/c1-16(21(26)22-10-7-13-24-11-5-4-6-12-24)19-8-14-25(15-9-19)30(27,28)20-17(2)23-29-18(20)3/h16,19H,4-15H2,1-3H3,(H,22,26)/t16-/m1/s1. The first-order valence-electron chi connectivity index (χ1n) is 11.2. The van der Waals surface area contributed by atoms with Gasteiger partial charge in [0.1, 0.15) is 10.6 Å². The van der Waals surface area contributed by atoms with Gasteiger partial charge in [0.2, 0.25) is 15.9 Å². The number of carbonyl (C=O) groups excluding carboxylic acids is 1. The van der Waals surface area contributed by atoms with Crippen LogP contribution >= 0.6 is 0 Å². The van der Waals surface area contributed by atoms with E-state index in [2.05, 4.69) is 15.4 Å². The predicted molar refractivity (Wildman–Crippen MR) is 115 cm³/mol. The average Bonchev–Trinajstić information content (AvgIpc) is 3.10. The van der Waals surface area contributed by atoms with Gasteiger partial charge in [-0.05, 0) is 71.5 Å². The van der Waals surface area contributed by atoms with Gasteiger partial charge in [-0.3, -0.25) is 4.79 Å². The fourth-order valence-electron chi connectivity index (χ4n) is 4.66. The summed E-state index contributed by atoms with van der Waals surface area (Å²) in [4.78, 5) is 15.2. The van der Waals surface area contributed by atoms with Gasteiger partial charge in [-0.25, -0.2) is 8.42 Å². The van der Waals surface area contributed by atoms with Crippen LogP contribution in [0.3, 0.4) is 0 Å². The first-order chi connectivity index (χ1) is 14.3. The molecule has 0 saturated carbocycles. The van der Waals surface area contributed by atoms with Gasteiger partial charge in [0.15, 0.2) is 5.76 Å². The third-order valence-corrected chi connectivity index (χ3v) is 8.73. The van der Waals surface area contributed by atoms with Crippen molar-refractivity contribution in [3.8, 4) is 0 Å². The number of sulfonamides is 1. The minimum absolute atomic E-state index is 0.0840. The first kappa shape index (κ1) is 23.2. The van der Waals surface area contributed by atoms with Gasteiger partial charge >= 0.3 is 0 Å². The highest BCUT2D eigenvalue weighted by Crippen LogP contribution is 2.30. The lowest BCUT2D eigenvalue weighted by molar-refractivity contribution is -0.126. The summed E-state index contributed by atoms with van der Waals surface area (Å²) in [7, 11) is -3.61. The minimum atomic E-state index is -3.61. The summed E-state index contributed by atoms with van der Waals surface area (Å²) in [6.07, 6.45) is 6.26. The van der Waals surface area contributed by atoms with Crippen molar-refractivity contribution in [3.05, 3.63) is 11.5 Å². The lowest BCUT2D eigenvalue weighted by Crippen LogP contribution is -2.43. The lowest BCUT2D eigenvalue weighted by atomic mass is 9.85. The van der Waals surface area contributed by atoms with Gasteiger partial charge in [0.05, 0.1) is 0 Å². The maximum Gasteiger partial charge on any atom is 0.248 e. The van der Waals surface area contributed by atoms with Crippen molar-refractivity contribution in [2.45, 2.75) is 64.2 Å². The number of rotatable bonds is 8. The maximum absolute atomic E-state index is 12.9. The summed E-state index contributed by atoms with van der Waals surface area (Å²) in [5.74, 6) is 0.500. The molecule has 0 aromatic carbocycles. The summed E-state index contributed by atoms with van der Waals surface area (Å²) in [6, 6.07) is 0. The van der Waals surface area contributed by atoms with E-state index in [1.165, 1.54) is 36.7 Å². The molecule has 3 heterocycles. The Morgan fingerprint density at radius 2 is 1.83 bits per heavy atom. The first-order valence-corrected chi connectivity index (χ1v) is 12.7. The van der Waals surface area contributed by atoms with Gasteiger partial charge < -0.3 is 14.7 Å². The summed E-state index contributed by atoms with van der Waals surface area (Å²) in [6.45, 7) is 10.2. The molecule has 2 aliphatic heterocycles. The number of nitrogens with one attached hydrogen (secondary N) is 1. The highest BCUT2D eigenvalue weighted by molar-refractivity contribution is 7.89. The van der Waals surface area contributed by atoms with Crippen LogP contribution in [-0.2, 0) is 14.8 Å². The molecule has 30 heavy (non-hydrogen) atoms. The number of carbonyl (C=O) groups is 1. The zero-order valence-electron chi connectivity index (χ0n) is 18.5. The second-order valence-corrected chi connectivity index (χ2v) is 10.6. The SMILES string of the molecule is Cc1noc(C)c1S(=O)(=O)N1CCC([C@@H](C)C(=O)NCCCN2CCCCC2)CC1. The smallest absolute Gasteiger partial charge is 0.248 e. The second-order valence-electron chi connectivity index (χ2n) is 8.73. The molecule has 0 bridgehead atoms. The molecular weight excluding hydrogens is 404 g/mol. The Hall–Kier alpha value is -1.45. The van der Waals surface area contributed by atoms with Crippen LogP contribution in [0.25, 0.3) is 0 Å². The molecule has 1 amide bonds. The van der Waals surface area contributed by atoms with Gasteiger partial charge in [0.25, 0.3) is 0 Å². The van der Waals surface area contributed by atoms with E-state index in [1.54, 1.807) is 13.8 Å². The second kappa shape index (κ2) is 10.2. The van der Waals surface area contributed by atoms with Crippen LogP contribution in [0.2, 0.25) is 0 Å². The molecule has 9 heteroatoms. The largest absolute Gasteiger partial charge is 0.360 e. The Labute approximate surface area is 180 Å². The van der Waals surface area contributed by atoms with Crippen molar-refractivity contribution >= 4 is 15.9 Å². The summed E-state index contributed by atoms with van der Waals surface area (Å²) in [5.41, 5.74) is 0.395. The van der Waals surface area contributed by atoms with Crippen LogP contribution in [0, 0.1) is 25.7 Å². The van der Waals surface area contributed by atoms with E-state index in [0.29, 0.717) is 43.9 Å². The van der Waals surface area contributed by atoms with Crippen LogP contribution in [0.4, 0.5) is 0 Å². The number of aromatic nitrogens is 1. The molecule has 1 aromatic heterocycles. The molecule has 2 saturated heterocycles. The molecule has 3 rings (SSSR count). The van der Waals surface area contributed by atoms with Crippen molar-refractivity contribution < 1.29 is 17.7 Å². The molecule has 1 atom stereocenters. The number of hydrogen-bond donors (Lipinski definition) is 1. The molecule has 1 aromatic rings. The number of amides is 1. The average molecular weight is 441 g/mol. The Morgan fingerprint density at radius 1 is 1.17 bits per heavy atom. The van der Waals surface area contributed by atoms with E-state index in [4.69, 9.17) is 4.52 Å². The molecular formula is C21H36N4O4S. The van der Waals surface area contributed by atoms with E-state index in [9.17, 15) is 13.2 Å². The van der Waals surface area contributed by atoms with Crippen LogP contribution in [0.5, 0.6) is 0 Å². The Kier molecular flexibility index (Phi) is 7.92. The van der Waals surface area contributed by atoms with E-state index in [0.717, 1.165) is 13.0 Å². The number of nitrogens with zero attached hydrogens (tertiary/aromatic N) is 3. The topological polar surface area (TPSA) is 95.8 Å². The number of piperidine rings is 2. The Bertz CT molecular complexity index is 789. The molecule has 0 radical (unpaired) electrons. The van der Waals surface area contributed by atoms with Crippen molar-refractivity contribution in [2.24, 2.45) is 11.8 Å². The van der Waals surface area contributed by atoms with Crippen molar-refractivity contribution in [1.29, 1.82) is 0 Å². The molecule has 8 nitrogen and oxygen atoms in total. The third-order valence-electron chi connectivity index (χ3n) is 6.58. The van der Waals surface area contributed by atoms with E-state index in [1.807, 2.05) is 6.92 Å². The molecule has 2 fully saturated rings.